The standard InChI is InChI=1S/C13H18FN3/c1-10-8-11(14)12(15-9-10)4-5-13(2,3)17-7-6-16-17/h6-9,16H,4-5H2,1-3H3. The molecule has 2 heterocycles. The van der Waals surface area contributed by atoms with Crippen molar-refractivity contribution < 1.29 is 4.39 Å². The number of nitrogens with zero attached hydrogens (tertiary/aromatic N) is 2. The van der Waals surface area contributed by atoms with Crippen LogP contribution in [0.25, 0.3) is 0 Å². The fourth-order valence-electron chi connectivity index (χ4n) is 1.82. The van der Waals surface area contributed by atoms with Gasteiger partial charge in [-0.15, -0.1) is 0 Å². The van der Waals surface area contributed by atoms with E-state index >= 15 is 0 Å². The zero-order chi connectivity index (χ0) is 12.5. The number of rotatable bonds is 4. The van der Waals surface area contributed by atoms with Gasteiger partial charge in [-0.3, -0.25) is 9.67 Å². The van der Waals surface area contributed by atoms with Crippen molar-refractivity contribution in [3.05, 3.63) is 41.7 Å². The molecule has 17 heavy (non-hydrogen) atoms. The maximum atomic E-state index is 13.6. The van der Waals surface area contributed by atoms with Crippen molar-refractivity contribution in [3.8, 4) is 0 Å². The van der Waals surface area contributed by atoms with Gasteiger partial charge in [0.25, 0.3) is 0 Å². The zero-order valence-electron chi connectivity index (χ0n) is 10.5. The van der Waals surface area contributed by atoms with E-state index in [9.17, 15) is 4.39 Å². The molecule has 2 aromatic heterocycles. The average molecular weight is 235 g/mol. The third kappa shape index (κ3) is 2.57. The molecule has 92 valence electrons. The Morgan fingerprint density at radius 3 is 2.71 bits per heavy atom. The van der Waals surface area contributed by atoms with Gasteiger partial charge in [0.05, 0.1) is 11.2 Å². The van der Waals surface area contributed by atoms with E-state index in [1.165, 1.54) is 6.07 Å². The van der Waals surface area contributed by atoms with Gasteiger partial charge in [-0.1, -0.05) is 0 Å². The summed E-state index contributed by atoms with van der Waals surface area (Å²) in [6, 6.07) is 1.54. The van der Waals surface area contributed by atoms with Gasteiger partial charge in [0.1, 0.15) is 5.82 Å². The molecular formula is C13H18FN3. The highest BCUT2D eigenvalue weighted by molar-refractivity contribution is 5.15. The first kappa shape index (κ1) is 11.9. The van der Waals surface area contributed by atoms with Gasteiger partial charge in [0, 0.05) is 18.6 Å². The number of aromatic amines is 1. The maximum absolute atomic E-state index is 13.6. The molecule has 0 aromatic carbocycles. The van der Waals surface area contributed by atoms with E-state index in [0.717, 1.165) is 12.0 Å². The van der Waals surface area contributed by atoms with E-state index in [2.05, 4.69) is 23.9 Å². The summed E-state index contributed by atoms with van der Waals surface area (Å²) < 4.78 is 15.6. The fourth-order valence-corrected chi connectivity index (χ4v) is 1.82. The van der Waals surface area contributed by atoms with Crippen molar-refractivity contribution in [1.82, 2.24) is 14.8 Å². The normalized spacial score (nSPS) is 12.0. The Kier molecular flexibility index (Phi) is 3.05. The van der Waals surface area contributed by atoms with Crippen LogP contribution in [-0.4, -0.2) is 14.8 Å². The quantitative estimate of drug-likeness (QED) is 0.868. The van der Waals surface area contributed by atoms with Crippen LogP contribution < -0.4 is 0 Å². The first-order valence-corrected chi connectivity index (χ1v) is 5.82. The molecule has 0 aliphatic rings. The van der Waals surface area contributed by atoms with Gasteiger partial charge in [-0.05, 0) is 45.2 Å². The molecule has 1 N–H and O–H groups in total. The van der Waals surface area contributed by atoms with Crippen LogP contribution in [0.5, 0.6) is 0 Å². The number of H-pyrrole nitrogens is 1. The van der Waals surface area contributed by atoms with Crippen LogP contribution in [0.4, 0.5) is 4.39 Å². The highest BCUT2D eigenvalue weighted by Crippen LogP contribution is 2.22. The molecule has 0 saturated heterocycles. The van der Waals surface area contributed by atoms with Crippen LogP contribution in [0.15, 0.2) is 24.7 Å². The van der Waals surface area contributed by atoms with Gasteiger partial charge in [-0.25, -0.2) is 4.39 Å². The van der Waals surface area contributed by atoms with E-state index in [1.807, 2.05) is 24.0 Å². The summed E-state index contributed by atoms with van der Waals surface area (Å²) in [7, 11) is 0. The third-order valence-corrected chi connectivity index (χ3v) is 3.12. The number of pyridine rings is 1. The molecule has 3 nitrogen and oxygen atoms in total. The molecule has 0 unspecified atom stereocenters. The fraction of sp³-hybridized carbons (Fsp3) is 0.462. The Morgan fingerprint density at radius 2 is 2.18 bits per heavy atom. The van der Waals surface area contributed by atoms with Crippen molar-refractivity contribution in [1.29, 1.82) is 0 Å². The lowest BCUT2D eigenvalue weighted by Gasteiger charge is -2.29. The van der Waals surface area contributed by atoms with Crippen molar-refractivity contribution in [2.45, 2.75) is 39.2 Å². The van der Waals surface area contributed by atoms with E-state index < -0.39 is 0 Å². The Morgan fingerprint density at radius 1 is 1.47 bits per heavy atom. The molecule has 0 aliphatic carbocycles. The summed E-state index contributed by atoms with van der Waals surface area (Å²) >= 11 is 0. The van der Waals surface area contributed by atoms with Gasteiger partial charge in [-0.2, -0.15) is 0 Å². The zero-order valence-corrected chi connectivity index (χ0v) is 10.5. The van der Waals surface area contributed by atoms with Gasteiger partial charge >= 0.3 is 0 Å². The minimum absolute atomic E-state index is 0.0340. The topological polar surface area (TPSA) is 33.6 Å². The highest BCUT2D eigenvalue weighted by Gasteiger charge is 2.21. The Balaban J connectivity index is 2.04. The van der Waals surface area contributed by atoms with Crippen molar-refractivity contribution in [2.24, 2.45) is 0 Å². The number of hydrogen-bond donors (Lipinski definition) is 1. The Bertz CT molecular complexity index is 487. The molecule has 0 fully saturated rings. The van der Waals surface area contributed by atoms with Crippen molar-refractivity contribution in [2.75, 3.05) is 0 Å². The summed E-state index contributed by atoms with van der Waals surface area (Å²) in [6.07, 6.45) is 7.07. The number of nitrogens with one attached hydrogen (secondary N) is 1. The highest BCUT2D eigenvalue weighted by atomic mass is 19.1. The minimum atomic E-state index is -0.201. The molecule has 4 heteroatoms. The predicted molar refractivity (Wildman–Crippen MR) is 65.4 cm³/mol. The molecule has 2 rings (SSSR count). The second-order valence-corrected chi connectivity index (χ2v) is 5.07. The Labute approximate surface area is 101 Å². The molecule has 2 aromatic rings. The van der Waals surface area contributed by atoms with Crippen LogP contribution >= 0.6 is 0 Å². The first-order chi connectivity index (χ1) is 7.99. The van der Waals surface area contributed by atoms with E-state index in [-0.39, 0.29) is 11.4 Å². The minimum Gasteiger partial charge on any atom is -0.304 e. The second kappa shape index (κ2) is 4.35. The lowest BCUT2D eigenvalue weighted by atomic mass is 9.97. The second-order valence-electron chi connectivity index (χ2n) is 5.07. The summed E-state index contributed by atoms with van der Waals surface area (Å²) in [5.74, 6) is -0.201. The molecule has 0 spiro atoms. The maximum Gasteiger partial charge on any atom is 0.144 e. The molecule has 0 radical (unpaired) electrons. The summed E-state index contributed by atoms with van der Waals surface area (Å²) in [5, 5.41) is 3.08. The SMILES string of the molecule is Cc1cnc(CCC(C)(C)n2cc[nH]2)c(F)c1. The molecule has 0 amide bonds. The van der Waals surface area contributed by atoms with Crippen LogP contribution in [0.3, 0.4) is 0 Å². The van der Waals surface area contributed by atoms with E-state index in [0.29, 0.717) is 12.1 Å². The molecule has 0 bridgehead atoms. The summed E-state index contributed by atoms with van der Waals surface area (Å²) in [5.41, 5.74) is 1.37. The molecular weight excluding hydrogens is 217 g/mol. The molecule has 0 saturated carbocycles. The van der Waals surface area contributed by atoms with Crippen molar-refractivity contribution in [3.63, 3.8) is 0 Å². The molecule has 0 aliphatic heterocycles. The number of aryl methyl sites for hydroxylation is 2. The van der Waals surface area contributed by atoms with Crippen LogP contribution in [0, 0.1) is 12.7 Å². The van der Waals surface area contributed by atoms with Crippen LogP contribution in [0.1, 0.15) is 31.5 Å². The largest absolute Gasteiger partial charge is 0.304 e. The third-order valence-electron chi connectivity index (χ3n) is 3.12. The predicted octanol–water partition coefficient (Wildman–Crippen LogP) is 3.03. The van der Waals surface area contributed by atoms with E-state index in [1.54, 1.807) is 6.20 Å². The van der Waals surface area contributed by atoms with Crippen molar-refractivity contribution >= 4 is 0 Å². The van der Waals surface area contributed by atoms with Gasteiger partial charge in [0.2, 0.25) is 0 Å². The van der Waals surface area contributed by atoms with Crippen LogP contribution in [0.2, 0.25) is 0 Å². The Hall–Kier alpha value is -1.58. The molecule has 0 atom stereocenters. The van der Waals surface area contributed by atoms with Gasteiger partial charge < -0.3 is 5.10 Å². The number of halogens is 1. The summed E-state index contributed by atoms with van der Waals surface area (Å²) in [6.45, 7) is 6.09. The van der Waals surface area contributed by atoms with E-state index in [4.69, 9.17) is 0 Å². The van der Waals surface area contributed by atoms with Gasteiger partial charge in [0.15, 0.2) is 0 Å². The smallest absolute Gasteiger partial charge is 0.144 e. The number of hydrogen-bond acceptors (Lipinski definition) is 1. The average Bonchev–Trinajstić information content (AvgIpc) is 2.12. The lowest BCUT2D eigenvalue weighted by molar-refractivity contribution is 0.275. The summed E-state index contributed by atoms with van der Waals surface area (Å²) in [4.78, 5) is 4.15. The lowest BCUT2D eigenvalue weighted by Crippen LogP contribution is -2.30. The number of aromatic nitrogens is 3. The van der Waals surface area contributed by atoms with Crippen LogP contribution in [-0.2, 0) is 12.0 Å². The first-order valence-electron chi connectivity index (χ1n) is 5.82. The monoisotopic (exact) mass is 235 g/mol.